The van der Waals surface area contributed by atoms with Crippen LogP contribution in [0.15, 0.2) is 30.3 Å². The number of hydrogen-bond donors (Lipinski definition) is 2. The molecule has 1 saturated carbocycles. The van der Waals surface area contributed by atoms with Gasteiger partial charge in [-0.05, 0) is 81.3 Å². The van der Waals surface area contributed by atoms with Gasteiger partial charge in [0, 0.05) is 48.3 Å². The number of alkyl halides is 3. The normalized spacial score (nSPS) is 21.1. The summed E-state index contributed by atoms with van der Waals surface area (Å²) in [6.45, 7) is 2.60. The minimum atomic E-state index is -4.46. The fourth-order valence-corrected chi connectivity index (χ4v) is 4.71. The Morgan fingerprint density at radius 1 is 1.09 bits per heavy atom. The van der Waals surface area contributed by atoms with Crippen molar-refractivity contribution >= 4 is 17.3 Å². The lowest BCUT2D eigenvalue weighted by Gasteiger charge is -2.31. The Morgan fingerprint density at radius 3 is 2.53 bits per heavy atom. The van der Waals surface area contributed by atoms with Gasteiger partial charge in [0.25, 0.3) is 5.91 Å². The second-order valence-electron chi connectivity index (χ2n) is 8.92. The van der Waals surface area contributed by atoms with E-state index in [4.69, 9.17) is 0 Å². The molecule has 1 aliphatic heterocycles. The van der Waals surface area contributed by atoms with Crippen LogP contribution in [0.2, 0.25) is 0 Å². The number of amides is 1. The summed E-state index contributed by atoms with van der Waals surface area (Å²) in [5.74, 6) is -0.0583. The third kappa shape index (κ3) is 5.16. The fourth-order valence-electron chi connectivity index (χ4n) is 4.71. The van der Waals surface area contributed by atoms with Gasteiger partial charge in [0.2, 0.25) is 0 Å². The molecule has 4 rings (SSSR count). The number of hydrogen-bond acceptors (Lipinski definition) is 4. The van der Waals surface area contributed by atoms with Crippen molar-refractivity contribution in [2.24, 2.45) is 0 Å². The molecule has 0 spiro atoms. The number of nitrogens with zero attached hydrogens (tertiary/aromatic N) is 2. The van der Waals surface area contributed by atoms with Gasteiger partial charge in [-0.15, -0.1) is 0 Å². The molecule has 2 aliphatic rings. The predicted octanol–water partition coefficient (Wildman–Crippen LogP) is 4.94. The molecular weight excluding hydrogens is 417 g/mol. The van der Waals surface area contributed by atoms with Crippen LogP contribution in [0.3, 0.4) is 0 Å². The Kier molecular flexibility index (Phi) is 6.31. The third-order valence-corrected chi connectivity index (χ3v) is 6.37. The number of fused-ring (bicyclic) bond motifs is 1. The van der Waals surface area contributed by atoms with Crippen LogP contribution in [-0.4, -0.2) is 36.6 Å². The highest BCUT2D eigenvalue weighted by molar-refractivity contribution is 5.95. The minimum Gasteiger partial charge on any atom is -0.382 e. The van der Waals surface area contributed by atoms with Crippen LogP contribution < -0.4 is 15.5 Å². The Balaban J connectivity index is 1.32. The molecule has 8 heteroatoms. The molecule has 0 radical (unpaired) electrons. The summed E-state index contributed by atoms with van der Waals surface area (Å²) in [7, 11) is 2.07. The molecule has 0 unspecified atom stereocenters. The maximum atomic E-state index is 13.0. The van der Waals surface area contributed by atoms with Gasteiger partial charge in [0.05, 0.1) is 0 Å². The Labute approximate surface area is 186 Å². The minimum absolute atomic E-state index is 0.0583. The van der Waals surface area contributed by atoms with E-state index in [1.807, 2.05) is 18.2 Å². The van der Waals surface area contributed by atoms with Crippen LogP contribution in [0.4, 0.5) is 24.5 Å². The predicted molar refractivity (Wildman–Crippen MR) is 119 cm³/mol. The smallest absolute Gasteiger partial charge is 0.382 e. The Hall–Kier alpha value is -2.77. The van der Waals surface area contributed by atoms with Crippen LogP contribution in [0.1, 0.15) is 59.4 Å². The number of nitrogens with one attached hydrogen (secondary N) is 2. The van der Waals surface area contributed by atoms with Gasteiger partial charge < -0.3 is 15.5 Å². The standard InChI is InChI=1S/C24H29F3N4O/c1-15-12-20(14-22(28-15)24(25,26)27)29-18-6-8-19(9-7-18)30-23(32)17-5-10-21-16(13-17)4-3-11-31(21)2/h5,10,12-14,18-19H,3-4,6-9,11H2,1-2H3,(H,28,29)(H,30,32). The number of pyridine rings is 1. The van der Waals surface area contributed by atoms with Gasteiger partial charge in [0.15, 0.2) is 0 Å². The van der Waals surface area contributed by atoms with Gasteiger partial charge in [-0.25, -0.2) is 4.98 Å². The number of halogens is 3. The number of aromatic nitrogens is 1. The summed E-state index contributed by atoms with van der Waals surface area (Å²) < 4.78 is 39.1. The van der Waals surface area contributed by atoms with E-state index in [9.17, 15) is 18.0 Å². The fraction of sp³-hybridized carbons (Fsp3) is 0.500. The maximum absolute atomic E-state index is 13.0. The molecule has 2 N–H and O–H groups in total. The van der Waals surface area contributed by atoms with E-state index < -0.39 is 11.9 Å². The topological polar surface area (TPSA) is 57.3 Å². The molecule has 0 bridgehead atoms. The summed E-state index contributed by atoms with van der Waals surface area (Å²) in [5.41, 5.74) is 2.99. The van der Waals surface area contributed by atoms with E-state index in [1.54, 1.807) is 13.0 Å². The zero-order chi connectivity index (χ0) is 22.9. The van der Waals surface area contributed by atoms with E-state index in [1.165, 1.54) is 11.3 Å². The number of rotatable bonds is 4. The first kappa shape index (κ1) is 22.4. The Bertz CT molecular complexity index is 984. The second kappa shape index (κ2) is 9.00. The van der Waals surface area contributed by atoms with Gasteiger partial charge in [-0.3, -0.25) is 4.79 Å². The molecule has 5 nitrogen and oxygen atoms in total. The van der Waals surface area contributed by atoms with Crippen molar-refractivity contribution in [1.82, 2.24) is 10.3 Å². The molecule has 1 amide bonds. The summed E-state index contributed by atoms with van der Waals surface area (Å²) in [5, 5.41) is 6.36. The molecule has 1 aromatic carbocycles. The van der Waals surface area contributed by atoms with Crippen LogP contribution >= 0.6 is 0 Å². The van der Waals surface area contributed by atoms with E-state index >= 15 is 0 Å². The lowest BCUT2D eigenvalue weighted by molar-refractivity contribution is -0.141. The number of benzene rings is 1. The largest absolute Gasteiger partial charge is 0.433 e. The van der Waals surface area contributed by atoms with E-state index in [0.717, 1.165) is 51.1 Å². The number of carbonyl (C=O) groups is 1. The van der Waals surface area contributed by atoms with Crippen molar-refractivity contribution in [3.63, 3.8) is 0 Å². The molecule has 32 heavy (non-hydrogen) atoms. The highest BCUT2D eigenvalue weighted by Crippen LogP contribution is 2.31. The summed E-state index contributed by atoms with van der Waals surface area (Å²) >= 11 is 0. The third-order valence-electron chi connectivity index (χ3n) is 6.37. The maximum Gasteiger partial charge on any atom is 0.433 e. The monoisotopic (exact) mass is 446 g/mol. The molecule has 172 valence electrons. The molecular formula is C24H29F3N4O. The zero-order valence-electron chi connectivity index (χ0n) is 18.4. The van der Waals surface area contributed by atoms with Crippen molar-refractivity contribution in [3.05, 3.63) is 52.8 Å². The lowest BCUT2D eigenvalue weighted by Crippen LogP contribution is -2.40. The molecule has 1 fully saturated rings. The van der Waals surface area contributed by atoms with Crippen LogP contribution in [0.25, 0.3) is 0 Å². The molecule has 1 aliphatic carbocycles. The van der Waals surface area contributed by atoms with Crippen molar-refractivity contribution < 1.29 is 18.0 Å². The van der Waals surface area contributed by atoms with Crippen LogP contribution in [0, 0.1) is 6.92 Å². The van der Waals surface area contributed by atoms with E-state index in [2.05, 4.69) is 27.6 Å². The molecule has 0 atom stereocenters. The van der Waals surface area contributed by atoms with Crippen molar-refractivity contribution in [2.75, 3.05) is 23.8 Å². The van der Waals surface area contributed by atoms with Gasteiger partial charge in [-0.1, -0.05) is 0 Å². The van der Waals surface area contributed by atoms with Gasteiger partial charge in [-0.2, -0.15) is 13.2 Å². The second-order valence-corrected chi connectivity index (χ2v) is 8.92. The summed E-state index contributed by atoms with van der Waals surface area (Å²) in [6.07, 6.45) is 0.748. The summed E-state index contributed by atoms with van der Waals surface area (Å²) in [6, 6.07) is 8.75. The summed E-state index contributed by atoms with van der Waals surface area (Å²) in [4.78, 5) is 18.6. The number of anilines is 2. The molecule has 0 saturated heterocycles. The van der Waals surface area contributed by atoms with E-state index in [-0.39, 0.29) is 18.0 Å². The van der Waals surface area contributed by atoms with Gasteiger partial charge >= 0.3 is 6.18 Å². The highest BCUT2D eigenvalue weighted by Gasteiger charge is 2.33. The van der Waals surface area contributed by atoms with E-state index in [0.29, 0.717) is 16.9 Å². The number of aryl methyl sites for hydroxylation is 2. The SMILES string of the molecule is Cc1cc(NC2CCC(NC(=O)c3ccc4c(c3)CCCN4C)CC2)cc(C(F)(F)F)n1. The molecule has 1 aromatic heterocycles. The average Bonchev–Trinajstić information content (AvgIpc) is 2.74. The van der Waals surface area contributed by atoms with Crippen molar-refractivity contribution in [1.29, 1.82) is 0 Å². The first-order valence-corrected chi connectivity index (χ1v) is 11.2. The van der Waals surface area contributed by atoms with Crippen molar-refractivity contribution in [2.45, 2.75) is 63.7 Å². The quantitative estimate of drug-likeness (QED) is 0.698. The lowest BCUT2D eigenvalue weighted by atomic mass is 9.90. The van der Waals surface area contributed by atoms with Crippen LogP contribution in [0.5, 0.6) is 0 Å². The first-order valence-electron chi connectivity index (χ1n) is 11.2. The first-order chi connectivity index (χ1) is 15.2. The average molecular weight is 447 g/mol. The zero-order valence-corrected chi connectivity index (χ0v) is 18.4. The molecule has 2 aromatic rings. The molecule has 2 heterocycles. The van der Waals surface area contributed by atoms with Gasteiger partial charge in [0.1, 0.15) is 5.69 Å². The van der Waals surface area contributed by atoms with Crippen LogP contribution in [-0.2, 0) is 12.6 Å². The Morgan fingerprint density at radius 2 is 1.81 bits per heavy atom. The van der Waals surface area contributed by atoms with Crippen molar-refractivity contribution in [3.8, 4) is 0 Å². The highest BCUT2D eigenvalue weighted by atomic mass is 19.4. The number of carbonyl (C=O) groups excluding carboxylic acids is 1.